The Labute approximate surface area is 89.7 Å². The predicted molar refractivity (Wildman–Crippen MR) is 57.3 cm³/mol. The Morgan fingerprint density at radius 2 is 2.00 bits per heavy atom. The van der Waals surface area contributed by atoms with Gasteiger partial charge in [-0.3, -0.25) is 4.79 Å². The molecule has 0 spiro atoms. The van der Waals surface area contributed by atoms with Gasteiger partial charge < -0.3 is 10.5 Å². The van der Waals surface area contributed by atoms with Crippen LogP contribution in [0.2, 0.25) is 0 Å². The molecule has 1 aromatic carbocycles. The van der Waals surface area contributed by atoms with Crippen molar-refractivity contribution in [2.45, 2.75) is 13.0 Å². The number of benzene rings is 1. The molecule has 2 N–H and O–H groups in total. The molecule has 0 aliphatic heterocycles. The molecule has 0 aliphatic rings. The van der Waals surface area contributed by atoms with Gasteiger partial charge in [0, 0.05) is 6.92 Å². The van der Waals surface area contributed by atoms with E-state index in [0.29, 0.717) is 0 Å². The van der Waals surface area contributed by atoms with Crippen molar-refractivity contribution in [1.82, 2.24) is 0 Å². The second-order valence-electron chi connectivity index (χ2n) is 2.82. The molecule has 0 aromatic heterocycles. The van der Waals surface area contributed by atoms with Crippen LogP contribution in [0.1, 0.15) is 18.5 Å². The molecule has 0 saturated carbocycles. The molecular formula is C10H14ClNO2. The van der Waals surface area contributed by atoms with Gasteiger partial charge in [0.05, 0.1) is 6.04 Å². The van der Waals surface area contributed by atoms with E-state index in [-0.39, 0.29) is 31.0 Å². The molecule has 1 rings (SSSR count). The minimum absolute atomic E-state index is 0. The van der Waals surface area contributed by atoms with Crippen LogP contribution in [0.15, 0.2) is 30.3 Å². The molecule has 1 atom stereocenters. The molecule has 0 radical (unpaired) electrons. The maximum atomic E-state index is 10.5. The summed E-state index contributed by atoms with van der Waals surface area (Å²) in [5.74, 6) is -0.300. The summed E-state index contributed by atoms with van der Waals surface area (Å²) in [5, 5.41) is 0. The summed E-state index contributed by atoms with van der Waals surface area (Å²) >= 11 is 0. The van der Waals surface area contributed by atoms with Crippen molar-refractivity contribution in [2.75, 3.05) is 6.61 Å². The van der Waals surface area contributed by atoms with Crippen LogP contribution >= 0.6 is 12.4 Å². The molecular weight excluding hydrogens is 202 g/mol. The summed E-state index contributed by atoms with van der Waals surface area (Å²) in [4.78, 5) is 10.5. The van der Waals surface area contributed by atoms with E-state index in [0.717, 1.165) is 5.56 Å². The van der Waals surface area contributed by atoms with Gasteiger partial charge in [0.25, 0.3) is 0 Å². The second-order valence-corrected chi connectivity index (χ2v) is 2.82. The number of halogens is 1. The smallest absolute Gasteiger partial charge is 0.302 e. The maximum Gasteiger partial charge on any atom is 0.302 e. The molecule has 1 unspecified atom stereocenters. The van der Waals surface area contributed by atoms with Gasteiger partial charge in [-0.25, -0.2) is 0 Å². The Kier molecular flexibility index (Phi) is 5.92. The molecule has 1 aromatic rings. The first kappa shape index (κ1) is 12.9. The Morgan fingerprint density at radius 1 is 1.43 bits per heavy atom. The van der Waals surface area contributed by atoms with Crippen molar-refractivity contribution in [3.05, 3.63) is 35.9 Å². The Bertz CT molecular complexity index is 277. The summed E-state index contributed by atoms with van der Waals surface area (Å²) in [6.45, 7) is 1.61. The maximum absolute atomic E-state index is 10.5. The highest BCUT2D eigenvalue weighted by atomic mass is 35.5. The quantitative estimate of drug-likeness (QED) is 0.781. The zero-order valence-corrected chi connectivity index (χ0v) is 8.79. The third-order valence-corrected chi connectivity index (χ3v) is 1.69. The molecule has 4 heteroatoms. The highest BCUT2D eigenvalue weighted by Gasteiger charge is 2.06. The van der Waals surface area contributed by atoms with Crippen LogP contribution in [0.4, 0.5) is 0 Å². The van der Waals surface area contributed by atoms with Gasteiger partial charge in [0.2, 0.25) is 0 Å². The van der Waals surface area contributed by atoms with Gasteiger partial charge in [-0.1, -0.05) is 30.3 Å². The molecule has 0 aliphatic carbocycles. The number of carbonyl (C=O) groups is 1. The lowest BCUT2D eigenvalue weighted by Gasteiger charge is -2.10. The number of esters is 1. The van der Waals surface area contributed by atoms with E-state index in [1.54, 1.807) is 0 Å². The molecule has 3 nitrogen and oxygen atoms in total. The lowest BCUT2D eigenvalue weighted by atomic mass is 10.1. The molecule has 0 heterocycles. The summed E-state index contributed by atoms with van der Waals surface area (Å²) < 4.78 is 4.79. The van der Waals surface area contributed by atoms with Gasteiger partial charge >= 0.3 is 5.97 Å². The lowest BCUT2D eigenvalue weighted by molar-refractivity contribution is -0.141. The summed E-state index contributed by atoms with van der Waals surface area (Å²) in [5.41, 5.74) is 6.74. The monoisotopic (exact) mass is 215 g/mol. The van der Waals surface area contributed by atoms with E-state index in [9.17, 15) is 4.79 Å². The van der Waals surface area contributed by atoms with Crippen LogP contribution in [-0.2, 0) is 9.53 Å². The van der Waals surface area contributed by atoms with Crippen LogP contribution in [0.3, 0.4) is 0 Å². The lowest BCUT2D eigenvalue weighted by Crippen LogP contribution is -2.18. The van der Waals surface area contributed by atoms with E-state index in [2.05, 4.69) is 0 Å². The van der Waals surface area contributed by atoms with Crippen molar-refractivity contribution >= 4 is 18.4 Å². The number of hydrogen-bond acceptors (Lipinski definition) is 3. The highest BCUT2D eigenvalue weighted by molar-refractivity contribution is 5.85. The summed E-state index contributed by atoms with van der Waals surface area (Å²) in [7, 11) is 0. The minimum atomic E-state index is -0.300. The van der Waals surface area contributed by atoms with Crippen LogP contribution in [0, 0.1) is 0 Å². The number of nitrogens with two attached hydrogens (primary N) is 1. The van der Waals surface area contributed by atoms with Crippen molar-refractivity contribution in [3.8, 4) is 0 Å². The Morgan fingerprint density at radius 3 is 2.50 bits per heavy atom. The van der Waals surface area contributed by atoms with Gasteiger partial charge in [0.1, 0.15) is 6.61 Å². The zero-order chi connectivity index (χ0) is 9.68. The third kappa shape index (κ3) is 4.25. The van der Waals surface area contributed by atoms with Crippen molar-refractivity contribution in [1.29, 1.82) is 0 Å². The SMILES string of the molecule is CC(=O)OCC(N)c1ccccc1.Cl. The first-order chi connectivity index (χ1) is 6.20. The van der Waals surface area contributed by atoms with Crippen LogP contribution in [-0.4, -0.2) is 12.6 Å². The van der Waals surface area contributed by atoms with Crippen molar-refractivity contribution in [3.63, 3.8) is 0 Å². The Hall–Kier alpha value is -1.06. The molecule has 0 bridgehead atoms. The topological polar surface area (TPSA) is 52.3 Å². The summed E-state index contributed by atoms with van der Waals surface area (Å²) in [6.07, 6.45) is 0. The molecule has 78 valence electrons. The van der Waals surface area contributed by atoms with E-state index < -0.39 is 0 Å². The van der Waals surface area contributed by atoms with Crippen LogP contribution in [0.5, 0.6) is 0 Å². The van der Waals surface area contributed by atoms with Gasteiger partial charge in [-0.15, -0.1) is 12.4 Å². The van der Waals surface area contributed by atoms with Crippen molar-refractivity contribution < 1.29 is 9.53 Å². The fraction of sp³-hybridized carbons (Fsp3) is 0.300. The average molecular weight is 216 g/mol. The molecule has 0 saturated heterocycles. The first-order valence-electron chi connectivity index (χ1n) is 4.14. The van der Waals surface area contributed by atoms with E-state index in [1.165, 1.54) is 6.92 Å². The zero-order valence-electron chi connectivity index (χ0n) is 7.97. The number of rotatable bonds is 3. The second kappa shape index (κ2) is 6.40. The first-order valence-corrected chi connectivity index (χ1v) is 4.14. The molecule has 0 amide bonds. The van der Waals surface area contributed by atoms with Crippen molar-refractivity contribution in [2.24, 2.45) is 5.73 Å². The average Bonchev–Trinajstić information content (AvgIpc) is 2.15. The van der Waals surface area contributed by atoms with Crippen LogP contribution < -0.4 is 5.73 Å². The minimum Gasteiger partial charge on any atom is -0.464 e. The normalized spacial score (nSPS) is 11.3. The number of ether oxygens (including phenoxy) is 1. The van der Waals surface area contributed by atoms with E-state index >= 15 is 0 Å². The van der Waals surface area contributed by atoms with Gasteiger partial charge in [0.15, 0.2) is 0 Å². The Balaban J connectivity index is 0.00000169. The summed E-state index contributed by atoms with van der Waals surface area (Å²) in [6, 6.07) is 9.32. The fourth-order valence-corrected chi connectivity index (χ4v) is 1.00. The highest BCUT2D eigenvalue weighted by Crippen LogP contribution is 2.09. The standard InChI is InChI=1S/C10H13NO2.ClH/c1-8(12)13-7-10(11)9-5-3-2-4-6-9;/h2-6,10H,7,11H2,1H3;1H. The molecule has 14 heavy (non-hydrogen) atoms. The number of carbonyl (C=O) groups excluding carboxylic acids is 1. The number of hydrogen-bond donors (Lipinski definition) is 1. The van der Waals surface area contributed by atoms with E-state index in [1.807, 2.05) is 30.3 Å². The van der Waals surface area contributed by atoms with Gasteiger partial charge in [-0.05, 0) is 5.56 Å². The molecule has 0 fully saturated rings. The predicted octanol–water partition coefficient (Wildman–Crippen LogP) is 1.67. The third-order valence-electron chi connectivity index (χ3n) is 1.69. The van der Waals surface area contributed by atoms with E-state index in [4.69, 9.17) is 10.5 Å². The van der Waals surface area contributed by atoms with Gasteiger partial charge in [-0.2, -0.15) is 0 Å². The fourth-order valence-electron chi connectivity index (χ4n) is 1.00. The van der Waals surface area contributed by atoms with Crippen LogP contribution in [0.25, 0.3) is 0 Å². The largest absolute Gasteiger partial charge is 0.464 e.